The fourth-order valence-electron chi connectivity index (χ4n) is 4.00. The van der Waals surface area contributed by atoms with Gasteiger partial charge in [-0.05, 0) is 22.8 Å². The van der Waals surface area contributed by atoms with Gasteiger partial charge in [0.1, 0.15) is 0 Å². The summed E-state index contributed by atoms with van der Waals surface area (Å²) in [5.74, 6) is 0. The van der Waals surface area contributed by atoms with Crippen molar-refractivity contribution in [3.05, 3.63) is 127 Å². The first-order chi connectivity index (χ1) is 14.4. The van der Waals surface area contributed by atoms with E-state index in [4.69, 9.17) is 4.98 Å². The molecule has 138 valence electrons. The lowest BCUT2D eigenvalue weighted by atomic mass is 9.88. The minimum absolute atomic E-state index is 0.801. The number of aromatic nitrogens is 1. The molecule has 0 spiro atoms. The van der Waals surface area contributed by atoms with Crippen molar-refractivity contribution in [1.82, 2.24) is 4.98 Å². The molecule has 29 heavy (non-hydrogen) atoms. The highest BCUT2D eigenvalue weighted by Gasteiger charge is 2.18. The average Bonchev–Trinajstić information content (AvgIpc) is 2.80. The minimum Gasteiger partial charge on any atom is -0.252 e. The molecule has 4 aromatic carbocycles. The van der Waals surface area contributed by atoms with Gasteiger partial charge in [-0.2, -0.15) is 0 Å². The van der Waals surface area contributed by atoms with Crippen LogP contribution in [0.2, 0.25) is 0 Å². The van der Waals surface area contributed by atoms with Gasteiger partial charge in [0.25, 0.3) is 0 Å². The Morgan fingerprint density at radius 3 is 1.66 bits per heavy atom. The highest BCUT2D eigenvalue weighted by molar-refractivity contribution is 6.03. The maximum Gasteiger partial charge on any atom is 0.0712 e. The van der Waals surface area contributed by atoms with Gasteiger partial charge in [-0.3, -0.25) is 4.98 Å². The van der Waals surface area contributed by atoms with E-state index in [0.717, 1.165) is 17.6 Å². The Kier molecular flexibility index (Phi) is 4.63. The first kappa shape index (κ1) is 17.4. The third-order valence-electron chi connectivity index (χ3n) is 5.31. The molecule has 0 saturated carbocycles. The molecular formula is C28H21N. The fraction of sp³-hybridized carbons (Fsp3) is 0.0357. The van der Waals surface area contributed by atoms with E-state index in [1.54, 1.807) is 0 Å². The lowest BCUT2D eigenvalue weighted by Gasteiger charge is -2.18. The van der Waals surface area contributed by atoms with Gasteiger partial charge in [0.05, 0.1) is 11.2 Å². The largest absolute Gasteiger partial charge is 0.252 e. The van der Waals surface area contributed by atoms with E-state index in [9.17, 15) is 0 Å². The Labute approximate surface area is 171 Å². The molecule has 1 nitrogen and oxygen atoms in total. The quantitative estimate of drug-likeness (QED) is 0.326. The Balaban J connectivity index is 1.86. The van der Waals surface area contributed by atoms with Crippen molar-refractivity contribution < 1.29 is 0 Å². The lowest BCUT2D eigenvalue weighted by molar-refractivity contribution is 1.10. The van der Waals surface area contributed by atoms with Crippen LogP contribution in [0, 0.1) is 0 Å². The summed E-state index contributed by atoms with van der Waals surface area (Å²) in [5.41, 5.74) is 8.32. The predicted octanol–water partition coefficient (Wildman–Crippen LogP) is 7.16. The second kappa shape index (κ2) is 7.73. The molecule has 1 heterocycles. The van der Waals surface area contributed by atoms with Gasteiger partial charge in [0, 0.05) is 22.9 Å². The molecule has 0 aliphatic carbocycles. The average molecular weight is 371 g/mol. The second-order valence-corrected chi connectivity index (χ2v) is 7.22. The molecule has 0 radical (unpaired) electrons. The Morgan fingerprint density at radius 1 is 0.483 bits per heavy atom. The Morgan fingerprint density at radius 2 is 1.00 bits per heavy atom. The highest BCUT2D eigenvalue weighted by Crippen LogP contribution is 2.40. The highest BCUT2D eigenvalue weighted by atomic mass is 14.7. The molecule has 5 rings (SSSR count). The maximum atomic E-state index is 5.13. The Hall–Kier alpha value is -3.71. The van der Waals surface area contributed by atoms with E-state index in [1.807, 2.05) is 0 Å². The molecule has 0 unspecified atom stereocenters. The first-order valence-electron chi connectivity index (χ1n) is 9.96. The molecule has 0 saturated heterocycles. The second-order valence-electron chi connectivity index (χ2n) is 7.22. The molecule has 1 heteroatoms. The summed E-state index contributed by atoms with van der Waals surface area (Å²) < 4.78 is 0. The van der Waals surface area contributed by atoms with Crippen molar-refractivity contribution in [2.24, 2.45) is 0 Å². The van der Waals surface area contributed by atoms with Crippen LogP contribution in [0.25, 0.3) is 33.2 Å². The normalized spacial score (nSPS) is 10.9. The number of fused-ring (bicyclic) bond motifs is 1. The zero-order chi connectivity index (χ0) is 19.5. The summed E-state index contributed by atoms with van der Waals surface area (Å²) >= 11 is 0. The zero-order valence-electron chi connectivity index (χ0n) is 16.1. The van der Waals surface area contributed by atoms with Crippen molar-refractivity contribution >= 4 is 10.9 Å². The van der Waals surface area contributed by atoms with Crippen LogP contribution in [0.3, 0.4) is 0 Å². The third-order valence-corrected chi connectivity index (χ3v) is 5.31. The van der Waals surface area contributed by atoms with E-state index in [-0.39, 0.29) is 0 Å². The van der Waals surface area contributed by atoms with Gasteiger partial charge in [-0.25, -0.2) is 0 Å². The lowest BCUT2D eigenvalue weighted by Crippen LogP contribution is -2.00. The molecular weight excluding hydrogens is 350 g/mol. The van der Waals surface area contributed by atoms with Crippen molar-refractivity contribution in [2.75, 3.05) is 0 Å². The van der Waals surface area contributed by atoms with Crippen molar-refractivity contribution in [1.29, 1.82) is 0 Å². The minimum atomic E-state index is 0.801. The predicted molar refractivity (Wildman–Crippen MR) is 122 cm³/mol. The smallest absolute Gasteiger partial charge is 0.0712 e. The van der Waals surface area contributed by atoms with Gasteiger partial charge < -0.3 is 0 Å². The number of rotatable bonds is 4. The van der Waals surface area contributed by atoms with Crippen LogP contribution >= 0.6 is 0 Å². The van der Waals surface area contributed by atoms with Crippen molar-refractivity contribution in [2.45, 2.75) is 6.42 Å². The van der Waals surface area contributed by atoms with E-state index < -0.39 is 0 Å². The number of para-hydroxylation sites is 1. The summed E-state index contributed by atoms with van der Waals surface area (Å²) in [5, 5.41) is 1.19. The summed E-state index contributed by atoms with van der Waals surface area (Å²) in [6.07, 6.45) is 0.801. The van der Waals surface area contributed by atoms with Gasteiger partial charge in [-0.15, -0.1) is 0 Å². The first-order valence-corrected chi connectivity index (χ1v) is 9.96. The summed E-state index contributed by atoms with van der Waals surface area (Å²) in [6.45, 7) is 0. The number of pyridine rings is 1. The molecule has 0 N–H and O–H groups in total. The number of nitrogens with zero attached hydrogens (tertiary/aromatic N) is 1. The van der Waals surface area contributed by atoms with E-state index in [2.05, 4.69) is 115 Å². The monoisotopic (exact) mass is 371 g/mol. The van der Waals surface area contributed by atoms with Gasteiger partial charge in [0.2, 0.25) is 0 Å². The number of hydrogen-bond donors (Lipinski definition) is 0. The number of benzene rings is 4. The molecule has 0 amide bonds. The summed E-state index contributed by atoms with van der Waals surface area (Å²) in [7, 11) is 0. The van der Waals surface area contributed by atoms with Crippen LogP contribution < -0.4 is 0 Å². The Bertz CT molecular complexity index is 1240. The summed E-state index contributed by atoms with van der Waals surface area (Å²) in [6, 6.07) is 40.4. The van der Waals surface area contributed by atoms with E-state index in [0.29, 0.717) is 0 Å². The van der Waals surface area contributed by atoms with Crippen LogP contribution in [0.4, 0.5) is 0 Å². The molecule has 1 aromatic heterocycles. The molecule has 0 aliphatic rings. The van der Waals surface area contributed by atoms with Crippen LogP contribution in [-0.4, -0.2) is 4.98 Å². The number of hydrogen-bond acceptors (Lipinski definition) is 1. The fourth-order valence-corrected chi connectivity index (χ4v) is 4.00. The van der Waals surface area contributed by atoms with Crippen LogP contribution in [0.5, 0.6) is 0 Å². The molecule has 0 bridgehead atoms. The SMILES string of the molecule is c1ccc(Cc2nc3ccccc3c(-c3ccccc3)c2-c2ccccc2)cc1. The summed E-state index contributed by atoms with van der Waals surface area (Å²) in [4.78, 5) is 5.13. The topological polar surface area (TPSA) is 12.9 Å². The van der Waals surface area contributed by atoms with Gasteiger partial charge in [-0.1, -0.05) is 109 Å². The van der Waals surface area contributed by atoms with Gasteiger partial charge >= 0.3 is 0 Å². The van der Waals surface area contributed by atoms with Crippen LogP contribution in [0.15, 0.2) is 115 Å². The molecule has 5 aromatic rings. The third kappa shape index (κ3) is 3.43. The maximum absolute atomic E-state index is 5.13. The van der Waals surface area contributed by atoms with E-state index in [1.165, 1.54) is 33.2 Å². The van der Waals surface area contributed by atoms with Crippen molar-refractivity contribution in [3.63, 3.8) is 0 Å². The zero-order valence-corrected chi connectivity index (χ0v) is 16.1. The standard InChI is InChI=1S/C28H21N/c1-4-12-21(13-5-1)20-26-28(23-16-8-3-9-17-23)27(22-14-6-2-7-15-22)24-18-10-11-19-25(24)29-26/h1-19H,20H2. The van der Waals surface area contributed by atoms with Crippen LogP contribution in [0.1, 0.15) is 11.3 Å². The molecule has 0 fully saturated rings. The van der Waals surface area contributed by atoms with Crippen LogP contribution in [-0.2, 0) is 6.42 Å². The molecule has 0 atom stereocenters. The van der Waals surface area contributed by atoms with E-state index >= 15 is 0 Å². The van der Waals surface area contributed by atoms with Crippen molar-refractivity contribution in [3.8, 4) is 22.3 Å². The molecule has 0 aliphatic heterocycles. The van der Waals surface area contributed by atoms with Gasteiger partial charge in [0.15, 0.2) is 0 Å².